The van der Waals surface area contributed by atoms with Crippen LogP contribution in [0.1, 0.15) is 11.8 Å². The lowest BCUT2D eigenvalue weighted by Crippen LogP contribution is -2.34. The number of urea groups is 1. The Labute approximate surface area is 144 Å². The fourth-order valence-electron chi connectivity index (χ4n) is 2.07. The molecule has 0 saturated carbocycles. The Hall–Kier alpha value is -1.92. The quantitative estimate of drug-likeness (QED) is 0.832. The first kappa shape index (κ1) is 17.4. The number of carbonyl (C=O) groups excluding carboxylic acids is 1. The lowest BCUT2D eigenvalue weighted by Gasteiger charge is -2.21. The van der Waals surface area contributed by atoms with E-state index in [9.17, 15) is 4.79 Å². The molecule has 23 heavy (non-hydrogen) atoms. The summed E-state index contributed by atoms with van der Waals surface area (Å²) in [6, 6.07) is 8.84. The number of ether oxygens (including phenoxy) is 2. The molecule has 2 amide bonds. The molecule has 0 aliphatic heterocycles. The third-order valence-corrected chi connectivity index (χ3v) is 4.50. The van der Waals surface area contributed by atoms with Crippen molar-refractivity contribution >= 4 is 34.7 Å². The average Bonchev–Trinajstić information content (AvgIpc) is 2.97. The lowest BCUT2D eigenvalue weighted by atomic mass is 10.2. The number of hydrogen-bond acceptors (Lipinski definition) is 4. The van der Waals surface area contributed by atoms with Gasteiger partial charge in [0.05, 0.1) is 25.1 Å². The highest BCUT2D eigenvalue weighted by molar-refractivity contribution is 7.16. The van der Waals surface area contributed by atoms with Gasteiger partial charge in [0.25, 0.3) is 0 Å². The third-order valence-electron chi connectivity index (χ3n) is 3.28. The molecule has 0 atom stereocenters. The van der Waals surface area contributed by atoms with E-state index in [1.165, 1.54) is 11.3 Å². The number of thiophene rings is 1. The van der Waals surface area contributed by atoms with Crippen molar-refractivity contribution in [2.75, 3.05) is 26.1 Å². The van der Waals surface area contributed by atoms with Crippen LogP contribution in [0.2, 0.25) is 4.34 Å². The van der Waals surface area contributed by atoms with Crippen molar-refractivity contribution in [2.24, 2.45) is 0 Å². The molecule has 1 heterocycles. The summed E-state index contributed by atoms with van der Waals surface area (Å²) in [5, 5.41) is 2.87. The summed E-state index contributed by atoms with van der Waals surface area (Å²) in [6.07, 6.45) is 0. The van der Waals surface area contributed by atoms with Crippen molar-refractivity contribution in [1.82, 2.24) is 4.90 Å². The van der Waals surface area contributed by atoms with Crippen molar-refractivity contribution in [1.29, 1.82) is 0 Å². The summed E-state index contributed by atoms with van der Waals surface area (Å²) in [4.78, 5) is 15.2. The second-order valence-corrected chi connectivity index (χ2v) is 6.52. The van der Waals surface area contributed by atoms with Gasteiger partial charge in [-0.05, 0) is 31.2 Å². The highest BCUT2D eigenvalue weighted by atomic mass is 35.5. The van der Waals surface area contributed by atoms with E-state index in [0.29, 0.717) is 30.3 Å². The highest BCUT2D eigenvalue weighted by Crippen LogP contribution is 2.30. The summed E-state index contributed by atoms with van der Waals surface area (Å²) in [7, 11) is 3.13. The molecule has 5 nitrogen and oxygen atoms in total. The van der Waals surface area contributed by atoms with Crippen LogP contribution in [0, 0.1) is 0 Å². The van der Waals surface area contributed by atoms with Gasteiger partial charge in [-0.3, -0.25) is 0 Å². The minimum atomic E-state index is -0.177. The van der Waals surface area contributed by atoms with Crippen LogP contribution in [0.3, 0.4) is 0 Å². The van der Waals surface area contributed by atoms with Crippen LogP contribution < -0.4 is 14.8 Å². The number of hydrogen-bond donors (Lipinski definition) is 1. The third kappa shape index (κ3) is 4.53. The van der Waals surface area contributed by atoms with Crippen LogP contribution in [0.25, 0.3) is 0 Å². The van der Waals surface area contributed by atoms with E-state index in [-0.39, 0.29) is 6.03 Å². The van der Waals surface area contributed by atoms with Gasteiger partial charge in [0, 0.05) is 23.2 Å². The van der Waals surface area contributed by atoms with Crippen molar-refractivity contribution < 1.29 is 14.3 Å². The van der Waals surface area contributed by atoms with E-state index in [0.717, 1.165) is 9.21 Å². The smallest absolute Gasteiger partial charge is 0.322 e. The molecule has 1 aromatic heterocycles. The number of rotatable bonds is 6. The highest BCUT2D eigenvalue weighted by Gasteiger charge is 2.14. The van der Waals surface area contributed by atoms with Crippen molar-refractivity contribution in [3.63, 3.8) is 0 Å². The van der Waals surface area contributed by atoms with Crippen LogP contribution in [-0.2, 0) is 6.54 Å². The van der Waals surface area contributed by atoms with Gasteiger partial charge >= 0.3 is 6.03 Å². The van der Waals surface area contributed by atoms with Gasteiger partial charge in [-0.15, -0.1) is 11.3 Å². The largest absolute Gasteiger partial charge is 0.493 e. The lowest BCUT2D eigenvalue weighted by molar-refractivity contribution is 0.212. The van der Waals surface area contributed by atoms with E-state index in [1.807, 2.05) is 19.1 Å². The predicted molar refractivity (Wildman–Crippen MR) is 94.0 cm³/mol. The van der Waals surface area contributed by atoms with Crippen LogP contribution >= 0.6 is 22.9 Å². The van der Waals surface area contributed by atoms with Crippen LogP contribution in [0.5, 0.6) is 11.5 Å². The molecule has 124 valence electrons. The molecule has 0 saturated heterocycles. The molecule has 0 aliphatic carbocycles. The number of nitrogens with zero attached hydrogens (tertiary/aromatic N) is 1. The van der Waals surface area contributed by atoms with Crippen LogP contribution in [0.4, 0.5) is 10.5 Å². The SMILES string of the molecule is CCN(Cc1ccc(Cl)s1)C(=O)Nc1ccc(OC)c(OC)c1. The standard InChI is InChI=1S/C16H19ClN2O3S/c1-4-19(10-12-6-8-15(17)23-12)16(20)18-11-5-7-13(21-2)14(9-11)22-3/h5-9H,4,10H2,1-3H3,(H,18,20). The molecule has 0 aliphatic rings. The van der Waals surface area contributed by atoms with E-state index in [1.54, 1.807) is 37.3 Å². The number of anilines is 1. The van der Waals surface area contributed by atoms with Crippen molar-refractivity contribution in [3.05, 3.63) is 39.5 Å². The Bertz CT molecular complexity index is 675. The first-order chi connectivity index (χ1) is 11.1. The van der Waals surface area contributed by atoms with Crippen LogP contribution in [0.15, 0.2) is 30.3 Å². The molecule has 1 aromatic carbocycles. The molecular weight excluding hydrogens is 336 g/mol. The Balaban J connectivity index is 2.07. The molecule has 0 unspecified atom stereocenters. The van der Waals surface area contributed by atoms with Crippen molar-refractivity contribution in [3.8, 4) is 11.5 Å². The number of carbonyl (C=O) groups is 1. The summed E-state index contributed by atoms with van der Waals surface area (Å²) >= 11 is 7.41. The van der Waals surface area contributed by atoms with Gasteiger partial charge in [-0.1, -0.05) is 11.6 Å². The second-order valence-electron chi connectivity index (χ2n) is 4.72. The van der Waals surface area contributed by atoms with E-state index >= 15 is 0 Å². The Morgan fingerprint density at radius 1 is 1.22 bits per heavy atom. The topological polar surface area (TPSA) is 50.8 Å². The second kappa shape index (κ2) is 8.08. The summed E-state index contributed by atoms with van der Waals surface area (Å²) < 4.78 is 11.1. The average molecular weight is 355 g/mol. The maximum Gasteiger partial charge on any atom is 0.322 e. The zero-order valence-corrected chi connectivity index (χ0v) is 14.8. The van der Waals surface area contributed by atoms with Crippen molar-refractivity contribution in [2.45, 2.75) is 13.5 Å². The number of halogens is 1. The minimum absolute atomic E-state index is 0.177. The van der Waals surface area contributed by atoms with Gasteiger partial charge in [0.1, 0.15) is 0 Å². The molecule has 2 rings (SSSR count). The Morgan fingerprint density at radius 2 is 1.96 bits per heavy atom. The number of benzene rings is 1. The first-order valence-corrected chi connectivity index (χ1v) is 8.29. The van der Waals surface area contributed by atoms with Gasteiger partial charge < -0.3 is 19.7 Å². The van der Waals surface area contributed by atoms with E-state index in [4.69, 9.17) is 21.1 Å². The number of methoxy groups -OCH3 is 2. The van der Waals surface area contributed by atoms with E-state index in [2.05, 4.69) is 5.32 Å². The Morgan fingerprint density at radius 3 is 2.52 bits per heavy atom. The molecule has 1 N–H and O–H groups in total. The summed E-state index contributed by atoms with van der Waals surface area (Å²) in [5.74, 6) is 1.18. The maximum absolute atomic E-state index is 12.4. The van der Waals surface area contributed by atoms with Gasteiger partial charge in [0.2, 0.25) is 0 Å². The summed E-state index contributed by atoms with van der Waals surface area (Å²) in [5.41, 5.74) is 0.648. The Kier molecular flexibility index (Phi) is 6.12. The molecule has 0 bridgehead atoms. The molecular formula is C16H19ClN2O3S. The first-order valence-electron chi connectivity index (χ1n) is 7.09. The predicted octanol–water partition coefficient (Wildman–Crippen LogP) is 4.47. The number of amides is 2. The molecule has 0 fully saturated rings. The molecule has 0 radical (unpaired) electrons. The monoisotopic (exact) mass is 354 g/mol. The zero-order valence-electron chi connectivity index (χ0n) is 13.3. The molecule has 7 heteroatoms. The maximum atomic E-state index is 12.4. The van der Waals surface area contributed by atoms with Gasteiger partial charge in [-0.2, -0.15) is 0 Å². The fourth-order valence-corrected chi connectivity index (χ4v) is 3.17. The zero-order chi connectivity index (χ0) is 16.8. The fraction of sp³-hybridized carbons (Fsp3) is 0.312. The number of nitrogens with one attached hydrogen (secondary N) is 1. The van der Waals surface area contributed by atoms with E-state index < -0.39 is 0 Å². The van der Waals surface area contributed by atoms with Crippen LogP contribution in [-0.4, -0.2) is 31.7 Å². The molecule has 0 spiro atoms. The minimum Gasteiger partial charge on any atom is -0.493 e. The van der Waals surface area contributed by atoms with Gasteiger partial charge in [-0.25, -0.2) is 4.79 Å². The normalized spacial score (nSPS) is 10.3. The summed E-state index contributed by atoms with van der Waals surface area (Å²) in [6.45, 7) is 3.05. The molecule has 2 aromatic rings. The van der Waals surface area contributed by atoms with Gasteiger partial charge in [0.15, 0.2) is 11.5 Å².